The Balaban J connectivity index is 1.58. The Labute approximate surface area is 206 Å². The Bertz CT molecular complexity index is 1200. The Hall–Kier alpha value is -3.39. The van der Waals surface area contributed by atoms with Gasteiger partial charge in [-0.25, -0.2) is 0 Å². The first kappa shape index (κ1) is 23.8. The molecule has 3 aromatic carbocycles. The van der Waals surface area contributed by atoms with E-state index in [9.17, 15) is 5.26 Å². The third kappa shape index (κ3) is 6.35. The van der Waals surface area contributed by atoms with Crippen molar-refractivity contribution in [2.75, 3.05) is 0 Å². The van der Waals surface area contributed by atoms with Gasteiger partial charge in [0.15, 0.2) is 0 Å². The number of hydrogen-bond acceptors (Lipinski definition) is 3. The molecule has 0 fully saturated rings. The molecule has 4 aromatic rings. The summed E-state index contributed by atoms with van der Waals surface area (Å²) in [6, 6.07) is 31.1. The number of nitriles is 1. The third-order valence-electron chi connectivity index (χ3n) is 6.30. The lowest BCUT2D eigenvalue weighted by atomic mass is 9.85. The molecule has 1 unspecified atom stereocenters. The van der Waals surface area contributed by atoms with Gasteiger partial charge >= 0.3 is 0 Å². The molecule has 0 bridgehead atoms. The molecule has 5 heteroatoms. The number of nitrogens with zero attached hydrogens (tertiary/aromatic N) is 3. The molecule has 4 rings (SSSR count). The molecule has 0 aliphatic carbocycles. The maximum Gasteiger partial charge on any atom is 0.0991 e. The molecule has 1 heterocycles. The van der Waals surface area contributed by atoms with E-state index in [1.54, 1.807) is 0 Å². The molecule has 34 heavy (non-hydrogen) atoms. The smallest absolute Gasteiger partial charge is 0.0991 e. The van der Waals surface area contributed by atoms with E-state index in [1.807, 2.05) is 59.5 Å². The summed E-state index contributed by atoms with van der Waals surface area (Å²) in [6.07, 6.45) is 5.69. The topological polar surface area (TPSA) is 53.6 Å². The first-order valence-corrected chi connectivity index (χ1v) is 12.0. The number of rotatable bonds is 10. The SMILES string of the molecule is C[C@H](NC(Cn1cccn1)c1ccccc1)[C@@H](CCc1ccc(Cl)cc1)c1cccc(C#N)c1. The van der Waals surface area contributed by atoms with Crippen LogP contribution in [0.15, 0.2) is 97.3 Å². The number of nitrogens with one attached hydrogen (secondary N) is 1. The number of halogens is 1. The summed E-state index contributed by atoms with van der Waals surface area (Å²) < 4.78 is 1.97. The second-order valence-corrected chi connectivity index (χ2v) is 9.09. The Morgan fingerprint density at radius 2 is 1.74 bits per heavy atom. The number of aromatic nitrogens is 2. The van der Waals surface area contributed by atoms with Crippen LogP contribution in [0.4, 0.5) is 0 Å². The van der Waals surface area contributed by atoms with E-state index < -0.39 is 0 Å². The highest BCUT2D eigenvalue weighted by Gasteiger charge is 2.24. The highest BCUT2D eigenvalue weighted by Crippen LogP contribution is 2.29. The van der Waals surface area contributed by atoms with E-state index in [1.165, 1.54) is 16.7 Å². The average Bonchev–Trinajstić information content (AvgIpc) is 3.39. The number of aryl methyl sites for hydroxylation is 1. The molecule has 1 aromatic heterocycles. The number of benzene rings is 3. The van der Waals surface area contributed by atoms with Crippen LogP contribution in [0.1, 0.15) is 47.6 Å². The molecule has 0 radical (unpaired) electrons. The van der Waals surface area contributed by atoms with Crippen molar-refractivity contribution >= 4 is 11.6 Å². The van der Waals surface area contributed by atoms with Crippen molar-refractivity contribution in [2.24, 2.45) is 0 Å². The van der Waals surface area contributed by atoms with Crippen molar-refractivity contribution in [2.45, 2.75) is 44.3 Å². The largest absolute Gasteiger partial charge is 0.305 e. The molecule has 4 nitrogen and oxygen atoms in total. The lowest BCUT2D eigenvalue weighted by molar-refractivity contribution is 0.352. The van der Waals surface area contributed by atoms with Gasteiger partial charge in [-0.2, -0.15) is 10.4 Å². The summed E-state index contributed by atoms with van der Waals surface area (Å²) in [7, 11) is 0. The maximum atomic E-state index is 9.47. The van der Waals surface area contributed by atoms with E-state index in [0.717, 1.165) is 24.4 Å². The van der Waals surface area contributed by atoms with Crippen LogP contribution in [0.5, 0.6) is 0 Å². The van der Waals surface area contributed by atoms with Crippen molar-refractivity contribution < 1.29 is 0 Å². The maximum absolute atomic E-state index is 9.47. The predicted molar refractivity (Wildman–Crippen MR) is 138 cm³/mol. The predicted octanol–water partition coefficient (Wildman–Crippen LogP) is 6.54. The van der Waals surface area contributed by atoms with Crippen molar-refractivity contribution in [1.29, 1.82) is 5.26 Å². The van der Waals surface area contributed by atoms with Crippen LogP contribution in [0, 0.1) is 11.3 Å². The van der Waals surface area contributed by atoms with Crippen molar-refractivity contribution in [3.8, 4) is 6.07 Å². The molecule has 0 aliphatic rings. The second-order valence-electron chi connectivity index (χ2n) is 8.66. The van der Waals surface area contributed by atoms with Gasteiger partial charge in [0.2, 0.25) is 0 Å². The zero-order valence-corrected chi connectivity index (χ0v) is 20.1. The Morgan fingerprint density at radius 1 is 0.971 bits per heavy atom. The quantitative estimate of drug-likeness (QED) is 0.287. The van der Waals surface area contributed by atoms with Gasteiger partial charge in [0.1, 0.15) is 0 Å². The van der Waals surface area contributed by atoms with Gasteiger partial charge in [0, 0.05) is 23.5 Å². The minimum Gasteiger partial charge on any atom is -0.305 e. The lowest BCUT2D eigenvalue weighted by Crippen LogP contribution is -2.37. The average molecular weight is 469 g/mol. The molecular weight excluding hydrogens is 440 g/mol. The fourth-order valence-corrected chi connectivity index (χ4v) is 4.61. The van der Waals surface area contributed by atoms with Gasteiger partial charge in [0.25, 0.3) is 0 Å². The normalized spacial score (nSPS) is 13.7. The second kappa shape index (κ2) is 11.7. The zero-order valence-electron chi connectivity index (χ0n) is 19.3. The van der Waals surface area contributed by atoms with Crippen LogP contribution in [-0.4, -0.2) is 15.8 Å². The summed E-state index contributed by atoms with van der Waals surface area (Å²) in [4.78, 5) is 0. The first-order chi connectivity index (χ1) is 16.6. The summed E-state index contributed by atoms with van der Waals surface area (Å²) in [5.74, 6) is 0.229. The fraction of sp³-hybridized carbons (Fsp3) is 0.241. The van der Waals surface area contributed by atoms with Crippen LogP contribution in [0.3, 0.4) is 0 Å². The van der Waals surface area contributed by atoms with E-state index in [0.29, 0.717) is 5.56 Å². The van der Waals surface area contributed by atoms with Gasteiger partial charge in [-0.05, 0) is 72.7 Å². The minimum absolute atomic E-state index is 0.105. The van der Waals surface area contributed by atoms with Crippen LogP contribution < -0.4 is 5.32 Å². The summed E-state index contributed by atoms with van der Waals surface area (Å²) >= 11 is 6.08. The van der Waals surface area contributed by atoms with Crippen LogP contribution in [0.25, 0.3) is 0 Å². The molecule has 0 aliphatic heterocycles. The monoisotopic (exact) mass is 468 g/mol. The van der Waals surface area contributed by atoms with Crippen LogP contribution >= 0.6 is 11.6 Å². The van der Waals surface area contributed by atoms with Crippen LogP contribution in [0.2, 0.25) is 5.02 Å². The van der Waals surface area contributed by atoms with E-state index >= 15 is 0 Å². The molecule has 172 valence electrons. The van der Waals surface area contributed by atoms with Gasteiger partial charge in [-0.3, -0.25) is 4.68 Å². The van der Waals surface area contributed by atoms with Crippen LogP contribution in [-0.2, 0) is 13.0 Å². The molecule has 0 spiro atoms. The van der Waals surface area contributed by atoms with E-state index in [4.69, 9.17) is 11.6 Å². The standard InChI is InChI=1S/C29H29ClN4/c1-22(33-29(21-34-18-6-17-32-34)25-8-3-2-4-9-25)28(26-10-5-7-24(19-26)20-31)16-13-23-11-14-27(30)15-12-23/h2-12,14-15,17-19,22,28-29,33H,13,16,21H2,1H3/t22-,28+,29?/m0/s1. The number of hydrogen-bond donors (Lipinski definition) is 1. The molecule has 0 saturated heterocycles. The molecule has 1 N–H and O–H groups in total. The summed E-state index contributed by atoms with van der Waals surface area (Å²) in [6.45, 7) is 2.98. The highest BCUT2D eigenvalue weighted by molar-refractivity contribution is 6.30. The van der Waals surface area contributed by atoms with Gasteiger partial charge in [-0.15, -0.1) is 0 Å². The highest BCUT2D eigenvalue weighted by atomic mass is 35.5. The summed E-state index contributed by atoms with van der Waals surface area (Å²) in [5.41, 5.74) is 4.36. The van der Waals surface area contributed by atoms with Crippen molar-refractivity contribution in [3.05, 3.63) is 125 Å². The van der Waals surface area contributed by atoms with Gasteiger partial charge in [0.05, 0.1) is 24.2 Å². The molecular formula is C29H29ClN4. The summed E-state index contributed by atoms with van der Waals surface area (Å²) in [5, 5.41) is 18.5. The lowest BCUT2D eigenvalue weighted by Gasteiger charge is -2.30. The van der Waals surface area contributed by atoms with Gasteiger partial charge < -0.3 is 5.32 Å². The zero-order chi connectivity index (χ0) is 23.8. The Kier molecular flexibility index (Phi) is 8.14. The Morgan fingerprint density at radius 3 is 2.44 bits per heavy atom. The minimum atomic E-state index is 0.105. The van der Waals surface area contributed by atoms with Gasteiger partial charge in [-0.1, -0.05) is 66.2 Å². The van der Waals surface area contributed by atoms with E-state index in [2.05, 4.69) is 65.9 Å². The molecule has 0 saturated carbocycles. The molecule has 3 atom stereocenters. The van der Waals surface area contributed by atoms with Crippen molar-refractivity contribution in [3.63, 3.8) is 0 Å². The molecule has 0 amide bonds. The fourth-order valence-electron chi connectivity index (χ4n) is 4.49. The van der Waals surface area contributed by atoms with E-state index in [-0.39, 0.29) is 18.0 Å². The first-order valence-electron chi connectivity index (χ1n) is 11.7. The third-order valence-corrected chi connectivity index (χ3v) is 6.55. The van der Waals surface area contributed by atoms with Crippen molar-refractivity contribution in [1.82, 2.24) is 15.1 Å².